The predicted molar refractivity (Wildman–Crippen MR) is 108 cm³/mol. The van der Waals surface area contributed by atoms with Gasteiger partial charge in [0, 0.05) is 49.2 Å². The molecule has 2 heterocycles. The van der Waals surface area contributed by atoms with Crippen molar-refractivity contribution in [3.8, 4) is 0 Å². The molecule has 0 aliphatic carbocycles. The van der Waals surface area contributed by atoms with Gasteiger partial charge in [-0.25, -0.2) is 9.78 Å². The SMILES string of the molecule is CCOC(=O)N1CCN(C(=O)c2ccnc(Nc3ccc(C(C)=O)cc3)c2)CC1. The van der Waals surface area contributed by atoms with Crippen molar-refractivity contribution >= 4 is 29.3 Å². The molecule has 0 atom stereocenters. The molecule has 0 saturated carbocycles. The lowest BCUT2D eigenvalue weighted by Crippen LogP contribution is -2.50. The van der Waals surface area contributed by atoms with Gasteiger partial charge in [0.05, 0.1) is 6.61 Å². The van der Waals surface area contributed by atoms with Crippen molar-refractivity contribution in [2.75, 3.05) is 38.1 Å². The molecule has 8 heteroatoms. The molecule has 3 rings (SSSR count). The van der Waals surface area contributed by atoms with Crippen LogP contribution in [0, 0.1) is 0 Å². The van der Waals surface area contributed by atoms with Gasteiger partial charge in [-0.1, -0.05) is 0 Å². The van der Waals surface area contributed by atoms with Crippen LogP contribution in [0.1, 0.15) is 34.6 Å². The van der Waals surface area contributed by atoms with Crippen LogP contribution < -0.4 is 5.32 Å². The number of ether oxygens (including phenoxy) is 1. The molecular formula is C21H24N4O4. The number of Topliss-reactive ketones (excluding diaryl/α,β-unsaturated/α-hetero) is 1. The third-order valence-corrected chi connectivity index (χ3v) is 4.66. The van der Waals surface area contributed by atoms with E-state index in [1.165, 1.54) is 6.92 Å². The molecule has 1 N–H and O–H groups in total. The van der Waals surface area contributed by atoms with E-state index in [0.29, 0.717) is 49.7 Å². The highest BCUT2D eigenvalue weighted by atomic mass is 16.6. The van der Waals surface area contributed by atoms with Crippen LogP contribution in [0.3, 0.4) is 0 Å². The summed E-state index contributed by atoms with van der Waals surface area (Å²) < 4.78 is 5.00. The third kappa shape index (κ3) is 5.10. The number of hydrogen-bond acceptors (Lipinski definition) is 6. The van der Waals surface area contributed by atoms with Crippen LogP contribution in [0.2, 0.25) is 0 Å². The fraction of sp³-hybridized carbons (Fsp3) is 0.333. The molecule has 1 fully saturated rings. The van der Waals surface area contributed by atoms with Gasteiger partial charge in [0.1, 0.15) is 5.82 Å². The number of nitrogens with one attached hydrogen (secondary N) is 1. The Morgan fingerprint density at radius 1 is 1.00 bits per heavy atom. The Morgan fingerprint density at radius 3 is 2.28 bits per heavy atom. The number of ketones is 1. The van der Waals surface area contributed by atoms with Crippen molar-refractivity contribution in [3.05, 3.63) is 53.7 Å². The highest BCUT2D eigenvalue weighted by Gasteiger charge is 2.25. The van der Waals surface area contributed by atoms with Gasteiger partial charge < -0.3 is 19.9 Å². The van der Waals surface area contributed by atoms with E-state index in [9.17, 15) is 14.4 Å². The maximum atomic E-state index is 12.8. The lowest BCUT2D eigenvalue weighted by Gasteiger charge is -2.34. The zero-order chi connectivity index (χ0) is 20.8. The summed E-state index contributed by atoms with van der Waals surface area (Å²) in [6.45, 7) is 5.43. The van der Waals surface area contributed by atoms with Gasteiger partial charge in [0.15, 0.2) is 5.78 Å². The summed E-state index contributed by atoms with van der Waals surface area (Å²) in [5, 5.41) is 3.14. The van der Waals surface area contributed by atoms with Crippen molar-refractivity contribution in [2.24, 2.45) is 0 Å². The Hall–Kier alpha value is -3.42. The van der Waals surface area contributed by atoms with E-state index in [0.717, 1.165) is 5.69 Å². The topological polar surface area (TPSA) is 91.8 Å². The first-order chi connectivity index (χ1) is 14.0. The number of piperazine rings is 1. The summed E-state index contributed by atoms with van der Waals surface area (Å²) in [7, 11) is 0. The van der Waals surface area contributed by atoms with E-state index in [2.05, 4.69) is 10.3 Å². The molecule has 1 aromatic carbocycles. The first-order valence-corrected chi connectivity index (χ1v) is 9.53. The molecule has 0 bridgehead atoms. The second kappa shape index (κ2) is 9.18. The van der Waals surface area contributed by atoms with E-state index >= 15 is 0 Å². The Bertz CT molecular complexity index is 890. The Balaban J connectivity index is 1.62. The minimum absolute atomic E-state index is 0.00493. The summed E-state index contributed by atoms with van der Waals surface area (Å²) in [4.78, 5) is 43.6. The fourth-order valence-corrected chi connectivity index (χ4v) is 3.06. The van der Waals surface area contributed by atoms with E-state index < -0.39 is 0 Å². The molecule has 8 nitrogen and oxygen atoms in total. The van der Waals surface area contributed by atoms with Crippen LogP contribution in [0.5, 0.6) is 0 Å². The summed E-state index contributed by atoms with van der Waals surface area (Å²) in [6.07, 6.45) is 1.24. The second-order valence-corrected chi connectivity index (χ2v) is 6.67. The molecule has 1 aliphatic heterocycles. The van der Waals surface area contributed by atoms with Gasteiger partial charge in [-0.05, 0) is 50.2 Å². The van der Waals surface area contributed by atoms with Gasteiger partial charge in [0.25, 0.3) is 5.91 Å². The van der Waals surface area contributed by atoms with Crippen molar-refractivity contribution in [1.29, 1.82) is 0 Å². The van der Waals surface area contributed by atoms with Gasteiger partial charge >= 0.3 is 6.09 Å². The molecule has 0 radical (unpaired) electrons. The van der Waals surface area contributed by atoms with Crippen LogP contribution in [0.25, 0.3) is 0 Å². The van der Waals surface area contributed by atoms with E-state index in [4.69, 9.17) is 4.74 Å². The second-order valence-electron chi connectivity index (χ2n) is 6.67. The number of rotatable bonds is 5. The van der Waals surface area contributed by atoms with Gasteiger partial charge in [-0.15, -0.1) is 0 Å². The number of carbonyl (C=O) groups is 3. The van der Waals surface area contributed by atoms with E-state index in [-0.39, 0.29) is 17.8 Å². The summed E-state index contributed by atoms with van der Waals surface area (Å²) >= 11 is 0. The summed E-state index contributed by atoms with van der Waals surface area (Å²) in [5.41, 5.74) is 1.93. The molecule has 0 unspecified atom stereocenters. The third-order valence-electron chi connectivity index (χ3n) is 4.66. The first kappa shape index (κ1) is 20.3. The van der Waals surface area contributed by atoms with Crippen LogP contribution in [0.4, 0.5) is 16.3 Å². The minimum Gasteiger partial charge on any atom is -0.450 e. The largest absolute Gasteiger partial charge is 0.450 e. The fourth-order valence-electron chi connectivity index (χ4n) is 3.06. The predicted octanol–water partition coefficient (Wildman–Crippen LogP) is 2.94. The molecule has 2 amide bonds. The molecule has 1 aromatic heterocycles. The number of nitrogens with zero attached hydrogens (tertiary/aromatic N) is 3. The van der Waals surface area contributed by atoms with Gasteiger partial charge in [0.2, 0.25) is 0 Å². The normalized spacial score (nSPS) is 13.7. The Kier molecular flexibility index (Phi) is 6.43. The maximum Gasteiger partial charge on any atom is 0.409 e. The van der Waals surface area contributed by atoms with Crippen LogP contribution in [0.15, 0.2) is 42.6 Å². The average molecular weight is 396 g/mol. The molecule has 29 heavy (non-hydrogen) atoms. The van der Waals surface area contributed by atoms with Gasteiger partial charge in [-0.2, -0.15) is 0 Å². The quantitative estimate of drug-likeness (QED) is 0.782. The van der Waals surface area contributed by atoms with Crippen molar-refractivity contribution in [3.63, 3.8) is 0 Å². The molecule has 152 valence electrons. The number of pyridine rings is 1. The Morgan fingerprint density at radius 2 is 1.66 bits per heavy atom. The number of aromatic nitrogens is 1. The van der Waals surface area contributed by atoms with E-state index in [1.54, 1.807) is 59.3 Å². The standard InChI is InChI=1S/C21H24N4O4/c1-3-29-21(28)25-12-10-24(11-13-25)20(27)17-8-9-22-19(14-17)23-18-6-4-16(5-7-18)15(2)26/h4-9,14H,3,10-13H2,1-2H3,(H,22,23). The molecule has 2 aromatic rings. The van der Waals surface area contributed by atoms with Gasteiger partial charge in [-0.3, -0.25) is 9.59 Å². The lowest BCUT2D eigenvalue weighted by molar-refractivity contribution is 0.0570. The van der Waals surface area contributed by atoms with Crippen LogP contribution >= 0.6 is 0 Å². The van der Waals surface area contributed by atoms with Crippen LogP contribution in [-0.2, 0) is 4.74 Å². The average Bonchev–Trinajstić information content (AvgIpc) is 2.74. The zero-order valence-corrected chi connectivity index (χ0v) is 16.6. The maximum absolute atomic E-state index is 12.8. The lowest BCUT2D eigenvalue weighted by atomic mass is 10.1. The number of carbonyl (C=O) groups excluding carboxylic acids is 3. The molecule has 1 aliphatic rings. The Labute approximate surface area is 169 Å². The van der Waals surface area contributed by atoms with Crippen LogP contribution in [-0.4, -0.2) is 65.4 Å². The van der Waals surface area contributed by atoms with E-state index in [1.807, 2.05) is 0 Å². The highest BCUT2D eigenvalue weighted by molar-refractivity contribution is 5.95. The zero-order valence-electron chi connectivity index (χ0n) is 16.6. The van der Waals surface area contributed by atoms with Crippen molar-refractivity contribution < 1.29 is 19.1 Å². The van der Waals surface area contributed by atoms with Crippen molar-refractivity contribution in [1.82, 2.24) is 14.8 Å². The molecule has 1 saturated heterocycles. The number of anilines is 2. The number of hydrogen-bond donors (Lipinski definition) is 1. The molecular weight excluding hydrogens is 372 g/mol. The monoisotopic (exact) mass is 396 g/mol. The number of benzene rings is 1. The number of amides is 2. The molecule has 0 spiro atoms. The highest BCUT2D eigenvalue weighted by Crippen LogP contribution is 2.18. The summed E-state index contributed by atoms with van der Waals surface area (Å²) in [5.74, 6) is 0.438. The smallest absolute Gasteiger partial charge is 0.409 e. The summed E-state index contributed by atoms with van der Waals surface area (Å²) in [6, 6.07) is 10.4. The first-order valence-electron chi connectivity index (χ1n) is 9.53. The minimum atomic E-state index is -0.342. The van der Waals surface area contributed by atoms with Crippen molar-refractivity contribution in [2.45, 2.75) is 13.8 Å².